The van der Waals surface area contributed by atoms with Crippen LogP contribution in [0.5, 0.6) is 5.75 Å². The van der Waals surface area contributed by atoms with Crippen LogP contribution < -0.4 is 13.7 Å². The Bertz CT molecular complexity index is 536. The van der Waals surface area contributed by atoms with Crippen LogP contribution in [0.4, 0.5) is 8.78 Å². The maximum atomic E-state index is 14.0. The topological polar surface area (TPSA) is 89.6 Å². The van der Waals surface area contributed by atoms with E-state index in [9.17, 15) is 18.4 Å². The van der Waals surface area contributed by atoms with Crippen LogP contribution in [0.25, 0.3) is 0 Å². The van der Waals surface area contributed by atoms with E-state index in [2.05, 4.69) is 0 Å². The molecule has 0 amide bonds. The molecule has 0 fully saturated rings. The zero-order valence-corrected chi connectivity index (χ0v) is 12.7. The van der Waals surface area contributed by atoms with Crippen LogP contribution in [-0.2, 0) is 11.2 Å². The molecule has 0 saturated heterocycles. The van der Waals surface area contributed by atoms with Crippen LogP contribution in [0.3, 0.4) is 0 Å². The average molecular weight is 468 g/mol. The number of hydrogen-bond donors (Lipinski definition) is 2. The van der Waals surface area contributed by atoms with E-state index in [1.165, 1.54) is 0 Å². The van der Waals surface area contributed by atoms with Gasteiger partial charge in [0, 0.05) is 0 Å². The first-order valence-electron chi connectivity index (χ1n) is 5.02. The summed E-state index contributed by atoms with van der Waals surface area (Å²) in [4.78, 5) is 21.5. The molecule has 0 spiro atoms. The summed E-state index contributed by atoms with van der Waals surface area (Å²) in [6, 6.07) is -1.44. The first-order chi connectivity index (χ1) is 8.84. The van der Waals surface area contributed by atoms with Crippen molar-refractivity contribution in [1.82, 2.24) is 0 Å². The van der Waals surface area contributed by atoms with Gasteiger partial charge in [-0.15, -0.1) is 0 Å². The predicted molar refractivity (Wildman–Crippen MR) is 57.2 cm³/mol. The zero-order chi connectivity index (χ0) is 14.7. The van der Waals surface area contributed by atoms with Gasteiger partial charge in [0.2, 0.25) is 0 Å². The van der Waals surface area contributed by atoms with Gasteiger partial charge >= 0.3 is 122 Å². The van der Waals surface area contributed by atoms with Crippen molar-refractivity contribution < 1.29 is 52.9 Å². The van der Waals surface area contributed by atoms with Crippen LogP contribution in [0, 0.1) is 36.4 Å². The molecule has 1 rings (SSSR count). The number of benzene rings is 1. The SMILES string of the molecule is COc1c(F)c(CC(N)C(=O)O)c(F)c([At])c1C=O. The Kier molecular flexibility index (Phi) is 5.32. The van der Waals surface area contributed by atoms with Crippen molar-refractivity contribution in [2.45, 2.75) is 12.5 Å². The summed E-state index contributed by atoms with van der Waals surface area (Å²) in [6.45, 7) is 0. The fourth-order valence-corrected chi connectivity index (χ4v) is 2.44. The van der Waals surface area contributed by atoms with Gasteiger partial charge in [-0.3, -0.25) is 0 Å². The Hall–Kier alpha value is -1.14. The molecule has 0 aliphatic heterocycles. The molecule has 1 atom stereocenters. The molecule has 19 heavy (non-hydrogen) atoms. The predicted octanol–water partition coefficient (Wildman–Crippen LogP) is -0.0851. The second-order valence-electron chi connectivity index (χ2n) is 3.63. The summed E-state index contributed by atoms with van der Waals surface area (Å²) >= 11 is 0.822. The van der Waals surface area contributed by atoms with Gasteiger partial charge in [-0.05, 0) is 0 Å². The van der Waals surface area contributed by atoms with E-state index in [0.717, 1.165) is 31.8 Å². The van der Waals surface area contributed by atoms with E-state index in [1.54, 1.807) is 0 Å². The third-order valence-electron chi connectivity index (χ3n) is 2.47. The van der Waals surface area contributed by atoms with Crippen molar-refractivity contribution in [2.75, 3.05) is 7.11 Å². The van der Waals surface area contributed by atoms with Gasteiger partial charge in [-0.1, -0.05) is 0 Å². The molecule has 0 aliphatic rings. The normalized spacial score (nSPS) is 12.1. The van der Waals surface area contributed by atoms with E-state index in [0.29, 0.717) is 6.29 Å². The third-order valence-corrected chi connectivity index (χ3v) is 3.90. The molecule has 1 unspecified atom stereocenters. The number of carbonyl (C=O) groups excluding carboxylic acids is 1. The summed E-state index contributed by atoms with van der Waals surface area (Å²) in [5.74, 6) is -3.84. The quantitative estimate of drug-likeness (QED) is 0.591. The maximum absolute atomic E-state index is 14.0. The van der Waals surface area contributed by atoms with Gasteiger partial charge in [0.25, 0.3) is 0 Å². The van der Waals surface area contributed by atoms with Crippen molar-refractivity contribution in [2.24, 2.45) is 5.73 Å². The van der Waals surface area contributed by atoms with Crippen molar-refractivity contribution in [1.29, 1.82) is 0 Å². The van der Waals surface area contributed by atoms with Gasteiger partial charge in [0.15, 0.2) is 0 Å². The molecule has 0 bridgehead atoms. The first-order valence-corrected chi connectivity index (χ1v) is 6.48. The van der Waals surface area contributed by atoms with Gasteiger partial charge in [-0.25, -0.2) is 0 Å². The second-order valence-corrected chi connectivity index (χ2v) is 5.10. The van der Waals surface area contributed by atoms with Gasteiger partial charge in [-0.2, -0.15) is 0 Å². The molecular formula is C11H10AtF2NO4. The summed E-state index contributed by atoms with van der Waals surface area (Å²) in [5, 5.41) is 8.67. The number of hydrogen-bond acceptors (Lipinski definition) is 4. The van der Waals surface area contributed by atoms with E-state index >= 15 is 0 Å². The molecule has 3 N–H and O–H groups in total. The van der Waals surface area contributed by atoms with E-state index in [-0.39, 0.29) is 8.83 Å². The molecular weight excluding hydrogens is 458 g/mol. The molecule has 1 aromatic rings. The Labute approximate surface area is 122 Å². The molecule has 0 radical (unpaired) electrons. The van der Waals surface area contributed by atoms with Gasteiger partial charge < -0.3 is 0 Å². The van der Waals surface area contributed by atoms with E-state index in [1.807, 2.05) is 0 Å². The average Bonchev–Trinajstić information content (AvgIpc) is 2.37. The number of carboxylic acid groups (broad SMARTS) is 1. The monoisotopic (exact) mass is 468 g/mol. The molecule has 0 aromatic heterocycles. The minimum atomic E-state index is -1.44. The zero-order valence-electron chi connectivity index (χ0n) is 9.75. The summed E-state index contributed by atoms with van der Waals surface area (Å²) < 4.78 is 32.7. The van der Waals surface area contributed by atoms with E-state index < -0.39 is 41.4 Å². The van der Waals surface area contributed by atoms with Crippen molar-refractivity contribution in [3.63, 3.8) is 0 Å². The summed E-state index contributed by atoms with van der Waals surface area (Å²) in [7, 11) is 1.13. The number of methoxy groups -OCH3 is 1. The standard InChI is InChI=1S/C11H10AtF2NO4/c1-19-10-5(3-16)7(12)8(13)4(9(10)14)2-6(15)11(17)18/h3,6H,2,15H2,1H3,(H,17,18). The van der Waals surface area contributed by atoms with Crippen LogP contribution in [0.1, 0.15) is 15.9 Å². The van der Waals surface area contributed by atoms with E-state index in [4.69, 9.17) is 15.6 Å². The summed E-state index contributed by atoms with van der Waals surface area (Å²) in [5.41, 5.74) is 4.55. The number of aldehydes is 1. The molecule has 8 heteroatoms. The number of aliphatic carboxylic acids is 1. The Morgan fingerprint density at radius 2 is 2.11 bits per heavy atom. The molecule has 0 saturated carbocycles. The fraction of sp³-hybridized carbons (Fsp3) is 0.273. The van der Waals surface area contributed by atoms with Crippen molar-refractivity contribution >= 4 is 15.5 Å². The molecule has 0 aliphatic carbocycles. The number of nitrogens with two attached hydrogens (primary N) is 1. The van der Waals surface area contributed by atoms with Gasteiger partial charge in [0.1, 0.15) is 0 Å². The number of carboxylic acids is 1. The van der Waals surface area contributed by atoms with Crippen LogP contribution in [-0.4, -0.2) is 30.5 Å². The minimum absolute atomic E-state index is 0.0548. The molecule has 1 aromatic carbocycles. The second kappa shape index (κ2) is 6.34. The number of rotatable bonds is 5. The third kappa shape index (κ3) is 3.06. The first kappa shape index (κ1) is 15.9. The molecule has 104 valence electrons. The van der Waals surface area contributed by atoms with Crippen molar-refractivity contribution in [3.05, 3.63) is 22.8 Å². The van der Waals surface area contributed by atoms with Gasteiger partial charge in [0.05, 0.1) is 0 Å². The number of halogens is 2. The number of carbonyl (C=O) groups is 2. The Morgan fingerprint density at radius 1 is 1.53 bits per heavy atom. The Morgan fingerprint density at radius 3 is 2.53 bits per heavy atom. The summed E-state index contributed by atoms with van der Waals surface area (Å²) in [6.07, 6.45) is -0.237. The van der Waals surface area contributed by atoms with Crippen molar-refractivity contribution in [3.8, 4) is 5.75 Å². The van der Waals surface area contributed by atoms with Crippen LogP contribution in [0.2, 0.25) is 0 Å². The molecule has 5 nitrogen and oxygen atoms in total. The fourth-order valence-electron chi connectivity index (χ4n) is 1.49. The van der Waals surface area contributed by atoms with Crippen LogP contribution >= 0.6 is 0 Å². The Balaban J connectivity index is 3.45. The number of ether oxygens (including phenoxy) is 1. The molecule has 0 heterocycles. The van der Waals surface area contributed by atoms with Crippen LogP contribution in [0.15, 0.2) is 0 Å².